The highest BCUT2D eigenvalue weighted by molar-refractivity contribution is 5.32. The Morgan fingerprint density at radius 1 is 0.905 bits per heavy atom. The number of aliphatic hydroxyl groups excluding tert-OH is 1. The van der Waals surface area contributed by atoms with Gasteiger partial charge < -0.3 is 14.6 Å². The second kappa shape index (κ2) is 7.14. The summed E-state index contributed by atoms with van der Waals surface area (Å²) in [4.78, 5) is 0. The molecule has 0 aromatic heterocycles. The Balaban J connectivity index is 1.95. The van der Waals surface area contributed by atoms with E-state index < -0.39 is 6.10 Å². The third-order valence-electron chi connectivity index (χ3n) is 3.17. The van der Waals surface area contributed by atoms with E-state index in [0.29, 0.717) is 6.61 Å². The van der Waals surface area contributed by atoms with Crippen LogP contribution in [0.3, 0.4) is 0 Å². The molecule has 2 rings (SSSR count). The zero-order valence-corrected chi connectivity index (χ0v) is 12.8. The number of aryl methyl sites for hydroxylation is 2. The second-order valence-electron chi connectivity index (χ2n) is 5.15. The molecule has 21 heavy (non-hydrogen) atoms. The number of rotatable bonds is 6. The maximum atomic E-state index is 10.2. The number of hydrogen-bond acceptors (Lipinski definition) is 3. The topological polar surface area (TPSA) is 38.7 Å². The molecule has 1 unspecified atom stereocenters. The van der Waals surface area contributed by atoms with Crippen LogP contribution in [0.1, 0.15) is 29.7 Å². The minimum atomic E-state index is -0.629. The maximum absolute atomic E-state index is 10.2. The van der Waals surface area contributed by atoms with Crippen molar-refractivity contribution in [3.05, 3.63) is 59.2 Å². The fourth-order valence-corrected chi connectivity index (χ4v) is 2.27. The lowest BCUT2D eigenvalue weighted by Crippen LogP contribution is -2.10. The molecule has 0 radical (unpaired) electrons. The average Bonchev–Trinajstić information content (AvgIpc) is 2.45. The fraction of sp³-hybridized carbons (Fsp3) is 0.333. The van der Waals surface area contributed by atoms with Crippen LogP contribution in [-0.2, 0) is 0 Å². The van der Waals surface area contributed by atoms with E-state index in [2.05, 4.69) is 6.07 Å². The molecule has 0 spiro atoms. The van der Waals surface area contributed by atoms with E-state index >= 15 is 0 Å². The normalized spacial score (nSPS) is 12.0. The molecular weight excluding hydrogens is 264 g/mol. The first-order valence-corrected chi connectivity index (χ1v) is 7.20. The van der Waals surface area contributed by atoms with Gasteiger partial charge in [0, 0.05) is 0 Å². The lowest BCUT2D eigenvalue weighted by Gasteiger charge is -2.14. The first-order valence-electron chi connectivity index (χ1n) is 7.20. The van der Waals surface area contributed by atoms with Crippen LogP contribution in [-0.4, -0.2) is 18.3 Å². The van der Waals surface area contributed by atoms with E-state index in [1.165, 1.54) is 0 Å². The predicted molar refractivity (Wildman–Crippen MR) is 84.0 cm³/mol. The van der Waals surface area contributed by atoms with Gasteiger partial charge in [0.25, 0.3) is 0 Å². The van der Waals surface area contributed by atoms with E-state index in [1.807, 2.05) is 57.2 Å². The second-order valence-corrected chi connectivity index (χ2v) is 5.15. The first kappa shape index (κ1) is 15.4. The van der Waals surface area contributed by atoms with E-state index in [-0.39, 0.29) is 6.61 Å². The molecule has 1 N–H and O–H groups in total. The average molecular weight is 286 g/mol. The summed E-state index contributed by atoms with van der Waals surface area (Å²) in [7, 11) is 0. The molecule has 0 amide bonds. The quantitative estimate of drug-likeness (QED) is 0.877. The molecule has 3 heteroatoms. The molecule has 0 heterocycles. The molecule has 0 aliphatic heterocycles. The molecule has 112 valence electrons. The molecule has 3 nitrogen and oxygen atoms in total. The summed E-state index contributed by atoms with van der Waals surface area (Å²) in [6.45, 7) is 6.88. The molecule has 0 aliphatic rings. The molecular formula is C18H22O3. The number of ether oxygens (including phenoxy) is 2. The smallest absolute Gasteiger partial charge is 0.119 e. The zero-order valence-electron chi connectivity index (χ0n) is 12.8. The van der Waals surface area contributed by atoms with E-state index in [0.717, 1.165) is 28.2 Å². The highest BCUT2D eigenvalue weighted by atomic mass is 16.5. The lowest BCUT2D eigenvalue weighted by atomic mass is 10.0. The molecule has 0 saturated carbocycles. The minimum Gasteiger partial charge on any atom is -0.494 e. The third-order valence-corrected chi connectivity index (χ3v) is 3.17. The van der Waals surface area contributed by atoms with Crippen LogP contribution in [0.5, 0.6) is 11.5 Å². The standard InChI is InChI=1S/C18H22O3/c1-4-20-16-5-7-17(8-6-16)21-12-18(19)15-10-13(2)9-14(3)11-15/h5-11,18-19H,4,12H2,1-3H3. The molecule has 2 aromatic rings. The van der Waals surface area contributed by atoms with Crippen LogP contribution < -0.4 is 9.47 Å². The monoisotopic (exact) mass is 286 g/mol. The van der Waals surface area contributed by atoms with Crippen molar-refractivity contribution in [3.8, 4) is 11.5 Å². The van der Waals surface area contributed by atoms with E-state index in [1.54, 1.807) is 0 Å². The van der Waals surface area contributed by atoms with Crippen LogP contribution >= 0.6 is 0 Å². The van der Waals surface area contributed by atoms with Crippen LogP contribution in [0, 0.1) is 13.8 Å². The molecule has 1 atom stereocenters. The third kappa shape index (κ3) is 4.50. The predicted octanol–water partition coefficient (Wildman–Crippen LogP) is 3.81. The fourth-order valence-electron chi connectivity index (χ4n) is 2.27. The van der Waals surface area contributed by atoms with Gasteiger partial charge in [-0.1, -0.05) is 29.3 Å². The van der Waals surface area contributed by atoms with Gasteiger partial charge in [0.05, 0.1) is 6.61 Å². The molecule has 0 aliphatic carbocycles. The number of hydrogen-bond donors (Lipinski definition) is 1. The van der Waals surface area contributed by atoms with Gasteiger partial charge in [-0.3, -0.25) is 0 Å². The van der Waals surface area contributed by atoms with Gasteiger partial charge in [-0.15, -0.1) is 0 Å². The van der Waals surface area contributed by atoms with Crippen molar-refractivity contribution >= 4 is 0 Å². The summed E-state index contributed by atoms with van der Waals surface area (Å²) in [6, 6.07) is 13.5. The molecule has 2 aromatic carbocycles. The highest BCUT2D eigenvalue weighted by Crippen LogP contribution is 2.21. The van der Waals surface area contributed by atoms with E-state index in [9.17, 15) is 5.11 Å². The van der Waals surface area contributed by atoms with Crippen LogP contribution in [0.25, 0.3) is 0 Å². The minimum absolute atomic E-state index is 0.233. The molecule has 0 fully saturated rings. The van der Waals surface area contributed by atoms with Gasteiger partial charge >= 0.3 is 0 Å². The van der Waals surface area contributed by atoms with Crippen molar-refractivity contribution in [3.63, 3.8) is 0 Å². The Kier molecular flexibility index (Phi) is 5.23. The van der Waals surface area contributed by atoms with Crippen LogP contribution in [0.15, 0.2) is 42.5 Å². The van der Waals surface area contributed by atoms with E-state index in [4.69, 9.17) is 9.47 Å². The van der Waals surface area contributed by atoms with Crippen molar-refractivity contribution in [2.75, 3.05) is 13.2 Å². The van der Waals surface area contributed by atoms with Gasteiger partial charge in [0.1, 0.15) is 24.2 Å². The summed E-state index contributed by atoms with van der Waals surface area (Å²) in [5, 5.41) is 10.2. The largest absolute Gasteiger partial charge is 0.494 e. The van der Waals surface area contributed by atoms with Crippen molar-refractivity contribution in [1.29, 1.82) is 0 Å². The Hall–Kier alpha value is -2.00. The zero-order chi connectivity index (χ0) is 15.2. The Labute approximate surface area is 126 Å². The summed E-state index contributed by atoms with van der Waals surface area (Å²) in [6.07, 6.45) is -0.629. The van der Waals surface area contributed by atoms with Crippen molar-refractivity contribution in [2.45, 2.75) is 26.9 Å². The lowest BCUT2D eigenvalue weighted by molar-refractivity contribution is 0.108. The first-order chi connectivity index (χ1) is 10.1. The summed E-state index contributed by atoms with van der Waals surface area (Å²) in [5.41, 5.74) is 3.17. The molecule has 0 bridgehead atoms. The van der Waals surface area contributed by atoms with Gasteiger partial charge in [-0.25, -0.2) is 0 Å². The summed E-state index contributed by atoms with van der Waals surface area (Å²) < 4.78 is 11.0. The van der Waals surface area contributed by atoms with Gasteiger partial charge in [0.2, 0.25) is 0 Å². The highest BCUT2D eigenvalue weighted by Gasteiger charge is 2.09. The Bertz CT molecular complexity index is 555. The van der Waals surface area contributed by atoms with Crippen molar-refractivity contribution in [2.24, 2.45) is 0 Å². The van der Waals surface area contributed by atoms with Crippen molar-refractivity contribution in [1.82, 2.24) is 0 Å². The van der Waals surface area contributed by atoms with Gasteiger partial charge in [-0.2, -0.15) is 0 Å². The van der Waals surface area contributed by atoms with Gasteiger partial charge in [-0.05, 0) is 50.6 Å². The Morgan fingerprint density at radius 3 is 1.95 bits per heavy atom. The maximum Gasteiger partial charge on any atom is 0.119 e. The number of aliphatic hydroxyl groups is 1. The SMILES string of the molecule is CCOc1ccc(OCC(O)c2cc(C)cc(C)c2)cc1. The van der Waals surface area contributed by atoms with Gasteiger partial charge in [0.15, 0.2) is 0 Å². The molecule has 0 saturated heterocycles. The van der Waals surface area contributed by atoms with Crippen molar-refractivity contribution < 1.29 is 14.6 Å². The summed E-state index contributed by atoms with van der Waals surface area (Å²) in [5.74, 6) is 1.54. The summed E-state index contributed by atoms with van der Waals surface area (Å²) >= 11 is 0. The van der Waals surface area contributed by atoms with Crippen LogP contribution in [0.4, 0.5) is 0 Å². The number of benzene rings is 2. The van der Waals surface area contributed by atoms with Crippen LogP contribution in [0.2, 0.25) is 0 Å². The Morgan fingerprint density at radius 2 is 1.43 bits per heavy atom.